The van der Waals surface area contributed by atoms with Gasteiger partial charge >= 0.3 is 0 Å². The molecule has 114 valence electrons. The summed E-state index contributed by atoms with van der Waals surface area (Å²) in [4.78, 5) is 14.3. The van der Waals surface area contributed by atoms with Crippen molar-refractivity contribution >= 4 is 79.1 Å². The molecule has 8 heteroatoms. The fourth-order valence-corrected chi connectivity index (χ4v) is 6.33. The third-order valence-electron chi connectivity index (χ3n) is 3.21. The molecule has 2 aromatic rings. The molecule has 0 aromatic heterocycles. The average molecular weight is 641 g/mol. The molecule has 2 aromatic carbocycles. The Bertz CT molecular complexity index is 886. The molecule has 2 rings (SSSR count). The molecule has 0 N–H and O–H groups in total. The molecule has 0 saturated carbocycles. The lowest BCUT2D eigenvalue weighted by Gasteiger charge is -2.14. The lowest BCUT2D eigenvalue weighted by molar-refractivity contribution is -0.385. The molecule has 0 spiro atoms. The van der Waals surface area contributed by atoms with Crippen LogP contribution in [0.1, 0.15) is 11.1 Å². The highest BCUT2D eigenvalue weighted by atomic mass is 127. The predicted octanol–water partition coefficient (Wildman–Crippen LogP) is 5.81. The molecule has 5 nitrogen and oxygen atoms in total. The Labute approximate surface area is 173 Å². The van der Waals surface area contributed by atoms with Crippen molar-refractivity contribution in [2.75, 3.05) is 0 Å². The van der Waals surface area contributed by atoms with Crippen molar-refractivity contribution in [3.8, 4) is 17.2 Å². The van der Waals surface area contributed by atoms with Gasteiger partial charge in [0.15, 0.2) is 0 Å². The summed E-state index contributed by atoms with van der Waals surface area (Å²) in [6, 6.07) is 7.09. The van der Waals surface area contributed by atoms with Crippen LogP contribution in [0.5, 0.6) is 0 Å². The smallest absolute Gasteiger partial charge is 0.258 e. The van der Waals surface area contributed by atoms with Gasteiger partial charge in [-0.1, -0.05) is 57.3 Å². The maximum Gasteiger partial charge on any atom is 0.272 e. The molecule has 0 bridgehead atoms. The molecule has 0 radical (unpaired) electrons. The topological polar surface area (TPSA) is 71.3 Å². The number of halogens is 3. The fraction of sp³-hybridized carbons (Fsp3) is 0.0667. The summed E-state index contributed by atoms with van der Waals surface area (Å²) in [7, 11) is 0. The van der Waals surface area contributed by atoms with Crippen LogP contribution in [-0.2, 0) is 0 Å². The Kier molecular flexibility index (Phi) is 5.80. The highest BCUT2D eigenvalue weighted by Gasteiger charge is 2.23. The highest BCUT2D eigenvalue weighted by molar-refractivity contribution is 14.1. The third kappa shape index (κ3) is 3.29. The molecule has 0 fully saturated rings. The van der Waals surface area contributed by atoms with Gasteiger partial charge in [-0.3, -0.25) is 10.1 Å². The molecular weight excluding hydrogens is 635 g/mol. The summed E-state index contributed by atoms with van der Waals surface area (Å²) in [5.41, 5.74) is 2.75. The first kappa shape index (κ1) is 18.4. The minimum absolute atomic E-state index is 0.0236. The van der Waals surface area contributed by atoms with Gasteiger partial charge in [-0.25, -0.2) is 4.85 Å². The molecular formula is C15H6I3N3O2. The summed E-state index contributed by atoms with van der Waals surface area (Å²) in [5.74, 6) is 0. The van der Waals surface area contributed by atoms with Crippen LogP contribution in [0.25, 0.3) is 16.0 Å². The number of nitriles is 1. The maximum atomic E-state index is 11.2. The van der Waals surface area contributed by atoms with Crippen LogP contribution in [0, 0.1) is 45.7 Å². The summed E-state index contributed by atoms with van der Waals surface area (Å²) in [5, 5.41) is 20.6. The van der Waals surface area contributed by atoms with E-state index in [2.05, 4.69) is 56.1 Å². The second kappa shape index (κ2) is 7.27. The SMILES string of the molecule is [C-]#[N+]c1c(I)c(C#N)c(I)c(-c2ccc(C)c([N+](=O)[O-])c2)c1I. The van der Waals surface area contributed by atoms with E-state index in [9.17, 15) is 15.4 Å². The Morgan fingerprint density at radius 3 is 2.43 bits per heavy atom. The number of hydrogen-bond donors (Lipinski definition) is 0. The monoisotopic (exact) mass is 641 g/mol. The molecule has 0 amide bonds. The van der Waals surface area contributed by atoms with Crippen LogP contribution < -0.4 is 0 Å². The number of nitrogens with zero attached hydrogens (tertiary/aromatic N) is 3. The van der Waals surface area contributed by atoms with Crippen molar-refractivity contribution in [1.29, 1.82) is 5.26 Å². The number of aryl methyl sites for hydroxylation is 1. The number of nitro benzene ring substituents is 1. The van der Waals surface area contributed by atoms with E-state index in [0.717, 1.165) is 0 Å². The summed E-state index contributed by atoms with van der Waals surface area (Å²) in [6.45, 7) is 9.04. The molecule has 0 aliphatic rings. The Balaban J connectivity index is 2.90. The van der Waals surface area contributed by atoms with Gasteiger partial charge in [0, 0.05) is 22.3 Å². The highest BCUT2D eigenvalue weighted by Crippen LogP contribution is 2.42. The van der Waals surface area contributed by atoms with Gasteiger partial charge < -0.3 is 0 Å². The van der Waals surface area contributed by atoms with E-state index >= 15 is 0 Å². The quantitative estimate of drug-likeness (QED) is 0.180. The van der Waals surface area contributed by atoms with E-state index in [1.165, 1.54) is 6.07 Å². The first-order valence-corrected chi connectivity index (χ1v) is 9.30. The molecule has 0 aliphatic carbocycles. The zero-order valence-electron chi connectivity index (χ0n) is 11.5. The molecule has 23 heavy (non-hydrogen) atoms. The van der Waals surface area contributed by atoms with Crippen LogP contribution in [0.4, 0.5) is 11.4 Å². The van der Waals surface area contributed by atoms with Gasteiger partial charge in [-0.05, 0) is 40.6 Å². The van der Waals surface area contributed by atoms with Gasteiger partial charge in [0.2, 0.25) is 5.69 Å². The van der Waals surface area contributed by atoms with Crippen molar-refractivity contribution in [2.45, 2.75) is 6.92 Å². The summed E-state index contributed by atoms with van der Waals surface area (Å²) in [6.07, 6.45) is 0. The standard InChI is InChI=1S/C15H6I3N3O2/c1-7-3-4-8(5-10(7)21(22)23)11-12(16)9(6-19)13(17)15(20-2)14(11)18/h3-5H,1H3. The normalized spacial score (nSPS) is 10.0. The van der Waals surface area contributed by atoms with Gasteiger partial charge in [-0.15, -0.1) is 0 Å². The summed E-state index contributed by atoms with van der Waals surface area (Å²) >= 11 is 6.12. The lowest BCUT2D eigenvalue weighted by Crippen LogP contribution is -1.98. The summed E-state index contributed by atoms with van der Waals surface area (Å²) < 4.78 is 2.01. The minimum atomic E-state index is -0.424. The van der Waals surface area contributed by atoms with Crippen LogP contribution in [-0.4, -0.2) is 4.92 Å². The Morgan fingerprint density at radius 1 is 1.26 bits per heavy atom. The van der Waals surface area contributed by atoms with E-state index < -0.39 is 4.92 Å². The third-order valence-corrected chi connectivity index (χ3v) is 6.39. The lowest BCUT2D eigenvalue weighted by atomic mass is 10.0. The van der Waals surface area contributed by atoms with E-state index in [0.29, 0.717) is 38.7 Å². The number of rotatable bonds is 2. The fourth-order valence-electron chi connectivity index (χ4n) is 2.06. The first-order valence-electron chi connectivity index (χ1n) is 6.06. The van der Waals surface area contributed by atoms with Gasteiger partial charge in [0.1, 0.15) is 6.07 Å². The second-order valence-electron chi connectivity index (χ2n) is 4.52. The number of hydrogen-bond acceptors (Lipinski definition) is 3. The van der Waals surface area contributed by atoms with Crippen molar-refractivity contribution in [3.63, 3.8) is 0 Å². The van der Waals surface area contributed by atoms with Crippen molar-refractivity contribution < 1.29 is 4.92 Å². The van der Waals surface area contributed by atoms with Crippen molar-refractivity contribution in [2.24, 2.45) is 0 Å². The molecule has 0 heterocycles. The van der Waals surface area contributed by atoms with Crippen LogP contribution >= 0.6 is 67.8 Å². The number of nitro groups is 1. The predicted molar refractivity (Wildman–Crippen MR) is 112 cm³/mol. The van der Waals surface area contributed by atoms with Crippen molar-refractivity contribution in [3.05, 3.63) is 61.6 Å². The van der Waals surface area contributed by atoms with Crippen LogP contribution in [0.3, 0.4) is 0 Å². The van der Waals surface area contributed by atoms with Gasteiger partial charge in [-0.2, -0.15) is 5.26 Å². The van der Waals surface area contributed by atoms with E-state index in [4.69, 9.17) is 6.57 Å². The van der Waals surface area contributed by atoms with Gasteiger partial charge in [0.25, 0.3) is 5.69 Å². The average Bonchev–Trinajstić information content (AvgIpc) is 2.49. The van der Waals surface area contributed by atoms with E-state index in [1.807, 2.05) is 22.6 Å². The number of benzene rings is 2. The van der Waals surface area contributed by atoms with Crippen LogP contribution in [0.2, 0.25) is 0 Å². The first-order chi connectivity index (χ1) is 10.8. The van der Waals surface area contributed by atoms with E-state index in [1.54, 1.807) is 19.1 Å². The Morgan fingerprint density at radius 2 is 1.91 bits per heavy atom. The molecule has 0 aliphatic heterocycles. The molecule has 0 saturated heterocycles. The zero-order chi connectivity index (χ0) is 17.3. The zero-order valence-corrected chi connectivity index (χ0v) is 18.0. The Hall–Kier alpha value is -0.990. The van der Waals surface area contributed by atoms with E-state index in [-0.39, 0.29) is 5.69 Å². The molecule has 0 atom stereocenters. The second-order valence-corrected chi connectivity index (χ2v) is 7.76. The maximum absolute atomic E-state index is 11.2. The molecule has 0 unspecified atom stereocenters. The largest absolute Gasteiger partial charge is 0.272 e. The van der Waals surface area contributed by atoms with Crippen LogP contribution in [0.15, 0.2) is 18.2 Å². The van der Waals surface area contributed by atoms with Crippen molar-refractivity contribution in [1.82, 2.24) is 0 Å². The minimum Gasteiger partial charge on any atom is -0.258 e. The van der Waals surface area contributed by atoms with Gasteiger partial charge in [0.05, 0.1) is 17.1 Å².